The Kier molecular flexibility index (Phi) is 9.63. The van der Waals surface area contributed by atoms with Crippen LogP contribution in [0.25, 0.3) is 11.1 Å². The molecular formula is C27H32ClFN4O4. The van der Waals surface area contributed by atoms with Gasteiger partial charge in [-0.05, 0) is 69.9 Å². The van der Waals surface area contributed by atoms with Gasteiger partial charge in [0.1, 0.15) is 11.4 Å². The Bertz CT molecular complexity index is 1180. The minimum Gasteiger partial charge on any atom is -0.466 e. The number of hydrogen-bond acceptors (Lipinski definition) is 6. The van der Waals surface area contributed by atoms with E-state index in [9.17, 15) is 14.0 Å². The number of alkyl carbamates (subject to hydrolysis) is 1. The van der Waals surface area contributed by atoms with Crippen molar-refractivity contribution < 1.29 is 23.5 Å². The fourth-order valence-electron chi connectivity index (χ4n) is 3.90. The normalized spacial score (nSPS) is 13.0. The number of carbonyl (C=O) groups is 2. The van der Waals surface area contributed by atoms with Gasteiger partial charge in [0, 0.05) is 22.8 Å². The predicted molar refractivity (Wildman–Crippen MR) is 138 cm³/mol. The Morgan fingerprint density at radius 2 is 1.89 bits per heavy atom. The number of benzene rings is 2. The molecule has 0 aliphatic heterocycles. The smallest absolute Gasteiger partial charge is 0.407 e. The molecule has 1 aromatic heterocycles. The number of nitrogens with one attached hydrogen (secondary N) is 1. The number of rotatable bonds is 10. The highest BCUT2D eigenvalue weighted by molar-refractivity contribution is 6.30. The first-order valence-corrected chi connectivity index (χ1v) is 12.5. The van der Waals surface area contributed by atoms with E-state index in [0.29, 0.717) is 22.6 Å². The van der Waals surface area contributed by atoms with Gasteiger partial charge in [-0.15, -0.1) is 5.10 Å². The lowest BCUT2D eigenvalue weighted by molar-refractivity contribution is -0.149. The van der Waals surface area contributed by atoms with Crippen LogP contribution < -0.4 is 5.32 Å². The van der Waals surface area contributed by atoms with E-state index in [-0.39, 0.29) is 31.4 Å². The minimum atomic E-state index is -0.682. The fraction of sp³-hybridized carbons (Fsp3) is 0.407. The zero-order valence-electron chi connectivity index (χ0n) is 21.4. The van der Waals surface area contributed by atoms with Crippen molar-refractivity contribution in [3.8, 4) is 11.1 Å². The molecule has 1 N–H and O–H groups in total. The molecule has 0 radical (unpaired) electrons. The van der Waals surface area contributed by atoms with Crippen molar-refractivity contribution in [3.63, 3.8) is 0 Å². The number of esters is 1. The summed E-state index contributed by atoms with van der Waals surface area (Å²) in [6.07, 6.45) is 3.30. The summed E-state index contributed by atoms with van der Waals surface area (Å²) >= 11 is 6.04. The highest BCUT2D eigenvalue weighted by atomic mass is 35.5. The van der Waals surface area contributed by atoms with E-state index in [2.05, 4.69) is 15.6 Å². The SMILES string of the molecule is CCOC(=O)[C@@H](C[C@@H](Cc1ccc(-c2cc(Cl)ccc2F)cc1)NC(=O)OC(C)(C)C)Cn1ccnn1. The molecule has 3 rings (SSSR count). The fourth-order valence-corrected chi connectivity index (χ4v) is 4.07. The molecular weight excluding hydrogens is 499 g/mol. The predicted octanol–water partition coefficient (Wildman–Crippen LogP) is 5.44. The Morgan fingerprint density at radius 1 is 1.16 bits per heavy atom. The summed E-state index contributed by atoms with van der Waals surface area (Å²) in [7, 11) is 0. The zero-order valence-corrected chi connectivity index (χ0v) is 22.2. The molecule has 1 amide bonds. The summed E-state index contributed by atoms with van der Waals surface area (Å²) in [5.74, 6) is -1.34. The Morgan fingerprint density at radius 3 is 2.51 bits per heavy atom. The molecule has 198 valence electrons. The number of carbonyl (C=O) groups excluding carboxylic acids is 2. The van der Waals surface area contributed by atoms with Crippen LogP contribution in [0.4, 0.5) is 9.18 Å². The second-order valence-electron chi connectivity index (χ2n) is 9.68. The van der Waals surface area contributed by atoms with Gasteiger partial charge in [-0.1, -0.05) is 41.1 Å². The standard InChI is InChI=1S/C27H32ClFN4O4/c1-5-36-25(34)20(17-33-13-12-30-32-33)15-22(31-26(35)37-27(2,3)4)14-18-6-8-19(9-7-18)23-16-21(28)10-11-24(23)29/h6-13,16,20,22H,5,14-15,17H2,1-4H3,(H,31,35)/t20-,22+/m0/s1. The lowest BCUT2D eigenvalue weighted by Gasteiger charge is -2.26. The van der Waals surface area contributed by atoms with Crippen molar-refractivity contribution in [2.24, 2.45) is 5.92 Å². The minimum absolute atomic E-state index is 0.234. The van der Waals surface area contributed by atoms with Gasteiger partial charge < -0.3 is 14.8 Å². The topological polar surface area (TPSA) is 95.3 Å². The van der Waals surface area contributed by atoms with E-state index in [1.807, 2.05) is 12.1 Å². The van der Waals surface area contributed by atoms with Crippen molar-refractivity contribution in [2.45, 2.75) is 58.7 Å². The maximum atomic E-state index is 14.3. The van der Waals surface area contributed by atoms with E-state index in [1.165, 1.54) is 18.3 Å². The number of halogens is 2. The molecule has 1 heterocycles. The zero-order chi connectivity index (χ0) is 27.0. The first-order chi connectivity index (χ1) is 17.5. The highest BCUT2D eigenvalue weighted by Crippen LogP contribution is 2.27. The van der Waals surface area contributed by atoms with Gasteiger partial charge in [0.15, 0.2) is 0 Å². The second kappa shape index (κ2) is 12.7. The third kappa shape index (κ3) is 8.86. The summed E-state index contributed by atoms with van der Waals surface area (Å²) in [6.45, 7) is 7.56. The van der Waals surface area contributed by atoms with Crippen molar-refractivity contribution in [2.75, 3.05) is 6.61 Å². The summed E-state index contributed by atoms with van der Waals surface area (Å²) in [5, 5.41) is 11.1. The summed E-state index contributed by atoms with van der Waals surface area (Å²) in [5.41, 5.74) is 1.28. The largest absolute Gasteiger partial charge is 0.466 e. The van der Waals surface area contributed by atoms with Crippen LogP contribution in [0.1, 0.15) is 39.7 Å². The third-order valence-electron chi connectivity index (χ3n) is 5.46. The summed E-state index contributed by atoms with van der Waals surface area (Å²) in [6, 6.07) is 11.3. The Labute approximate surface area is 221 Å². The molecule has 0 bridgehead atoms. The number of ether oxygens (including phenoxy) is 2. The van der Waals surface area contributed by atoms with Crippen LogP contribution in [0.3, 0.4) is 0 Å². The molecule has 0 fully saturated rings. The molecule has 0 aliphatic rings. The Balaban J connectivity index is 1.82. The van der Waals surface area contributed by atoms with Crippen LogP contribution in [0.5, 0.6) is 0 Å². The van der Waals surface area contributed by atoms with Crippen molar-refractivity contribution in [1.82, 2.24) is 20.3 Å². The van der Waals surface area contributed by atoms with Crippen LogP contribution in [-0.2, 0) is 27.2 Å². The first kappa shape index (κ1) is 28.1. The average molecular weight is 531 g/mol. The number of amides is 1. The van der Waals surface area contributed by atoms with Gasteiger partial charge in [-0.2, -0.15) is 0 Å². The van der Waals surface area contributed by atoms with Gasteiger partial charge in [0.25, 0.3) is 0 Å². The van der Waals surface area contributed by atoms with E-state index < -0.39 is 23.7 Å². The Hall–Kier alpha value is -3.46. The second-order valence-corrected chi connectivity index (χ2v) is 10.1. The van der Waals surface area contributed by atoms with Gasteiger partial charge >= 0.3 is 12.1 Å². The lowest BCUT2D eigenvalue weighted by atomic mass is 9.94. The molecule has 0 spiro atoms. The monoisotopic (exact) mass is 530 g/mol. The van der Waals surface area contributed by atoms with E-state index in [0.717, 1.165) is 5.56 Å². The number of aromatic nitrogens is 3. The van der Waals surface area contributed by atoms with E-state index in [1.54, 1.807) is 56.8 Å². The molecule has 8 nitrogen and oxygen atoms in total. The van der Waals surface area contributed by atoms with Gasteiger partial charge in [0.05, 0.1) is 25.3 Å². The molecule has 2 atom stereocenters. The number of nitrogens with zero attached hydrogens (tertiary/aromatic N) is 3. The van der Waals surface area contributed by atoms with Crippen molar-refractivity contribution in [1.29, 1.82) is 0 Å². The quantitative estimate of drug-likeness (QED) is 0.350. The number of hydrogen-bond donors (Lipinski definition) is 1. The van der Waals surface area contributed by atoms with E-state index in [4.69, 9.17) is 21.1 Å². The highest BCUT2D eigenvalue weighted by Gasteiger charge is 2.28. The van der Waals surface area contributed by atoms with Crippen LogP contribution in [0.15, 0.2) is 54.9 Å². The summed E-state index contributed by atoms with van der Waals surface area (Å²) < 4.78 is 26.6. The third-order valence-corrected chi connectivity index (χ3v) is 5.70. The van der Waals surface area contributed by atoms with Gasteiger partial charge in [-0.25, -0.2) is 9.18 Å². The lowest BCUT2D eigenvalue weighted by Crippen LogP contribution is -2.42. The molecule has 0 saturated carbocycles. The molecule has 0 saturated heterocycles. The molecule has 2 aromatic carbocycles. The maximum absolute atomic E-state index is 14.3. The van der Waals surface area contributed by atoms with Gasteiger partial charge in [0.2, 0.25) is 0 Å². The van der Waals surface area contributed by atoms with Crippen LogP contribution >= 0.6 is 11.6 Å². The van der Waals surface area contributed by atoms with Crippen molar-refractivity contribution in [3.05, 3.63) is 71.3 Å². The van der Waals surface area contributed by atoms with Crippen LogP contribution in [0.2, 0.25) is 5.02 Å². The van der Waals surface area contributed by atoms with Crippen LogP contribution in [0, 0.1) is 11.7 Å². The maximum Gasteiger partial charge on any atom is 0.407 e. The molecule has 3 aromatic rings. The van der Waals surface area contributed by atoms with E-state index >= 15 is 0 Å². The van der Waals surface area contributed by atoms with Gasteiger partial charge in [-0.3, -0.25) is 9.48 Å². The summed E-state index contributed by atoms with van der Waals surface area (Å²) in [4.78, 5) is 25.4. The van der Waals surface area contributed by atoms with Crippen molar-refractivity contribution >= 4 is 23.7 Å². The molecule has 10 heteroatoms. The first-order valence-electron chi connectivity index (χ1n) is 12.1. The molecule has 0 unspecified atom stereocenters. The molecule has 0 aliphatic carbocycles. The molecule has 37 heavy (non-hydrogen) atoms. The van der Waals surface area contributed by atoms with Crippen LogP contribution in [-0.4, -0.2) is 45.3 Å². The average Bonchev–Trinajstić information content (AvgIpc) is 3.33.